The maximum atomic E-state index is 14.1. The number of halogens is 3. The predicted octanol–water partition coefficient (Wildman–Crippen LogP) is 3.90. The van der Waals surface area contributed by atoms with Gasteiger partial charge < -0.3 is 5.32 Å². The second-order valence-electron chi connectivity index (χ2n) is 4.83. The Labute approximate surface area is 122 Å². The van der Waals surface area contributed by atoms with Crippen LogP contribution in [0, 0.1) is 24.4 Å². The number of nitrogens with zero attached hydrogens (tertiary/aromatic N) is 1. The fourth-order valence-corrected chi connectivity index (χ4v) is 2.24. The van der Waals surface area contributed by atoms with Crippen LogP contribution < -0.4 is 5.32 Å². The molecule has 21 heavy (non-hydrogen) atoms. The topological polar surface area (TPSA) is 24.9 Å². The average molecular weight is 294 g/mol. The first-order chi connectivity index (χ1) is 10.1. The Bertz CT molecular complexity index is 629. The number of benzene rings is 1. The van der Waals surface area contributed by atoms with E-state index in [1.54, 1.807) is 25.3 Å². The van der Waals surface area contributed by atoms with E-state index in [0.29, 0.717) is 6.54 Å². The smallest absolute Gasteiger partial charge is 0.194 e. The summed E-state index contributed by atoms with van der Waals surface area (Å²) in [6.07, 6.45) is 2.47. The lowest BCUT2D eigenvalue weighted by atomic mass is 9.96. The summed E-state index contributed by atoms with van der Waals surface area (Å²) in [5, 5.41) is 3.16. The fourth-order valence-electron chi connectivity index (χ4n) is 2.24. The molecule has 2 rings (SSSR count). The number of aryl methyl sites for hydroxylation is 1. The van der Waals surface area contributed by atoms with Crippen molar-refractivity contribution >= 4 is 0 Å². The van der Waals surface area contributed by atoms with Gasteiger partial charge >= 0.3 is 0 Å². The van der Waals surface area contributed by atoms with Crippen molar-refractivity contribution in [1.29, 1.82) is 0 Å². The van der Waals surface area contributed by atoms with Gasteiger partial charge in [-0.3, -0.25) is 4.98 Å². The zero-order valence-electron chi connectivity index (χ0n) is 12.0. The van der Waals surface area contributed by atoms with E-state index in [0.717, 1.165) is 23.7 Å². The molecular weight excluding hydrogens is 277 g/mol. The van der Waals surface area contributed by atoms with E-state index in [4.69, 9.17) is 0 Å². The molecule has 0 bridgehead atoms. The molecule has 0 saturated heterocycles. The van der Waals surface area contributed by atoms with Crippen molar-refractivity contribution in [3.63, 3.8) is 0 Å². The monoisotopic (exact) mass is 294 g/mol. The molecule has 1 aromatic carbocycles. The highest BCUT2D eigenvalue weighted by molar-refractivity contribution is 5.35. The van der Waals surface area contributed by atoms with Gasteiger partial charge in [-0.1, -0.05) is 19.1 Å². The van der Waals surface area contributed by atoms with Gasteiger partial charge in [0.1, 0.15) is 0 Å². The van der Waals surface area contributed by atoms with Gasteiger partial charge in [0.25, 0.3) is 0 Å². The standard InChI is InChI=1S/C16H17F3N2/c1-3-8-21-16(11-5-4-9-20-10(11)2)12-6-7-13(17)15(19)14(12)18/h4-7,9,16,21H,3,8H2,1-2H3. The van der Waals surface area contributed by atoms with Crippen LogP contribution in [0.2, 0.25) is 0 Å². The third-order valence-electron chi connectivity index (χ3n) is 3.33. The lowest BCUT2D eigenvalue weighted by Gasteiger charge is -2.21. The molecule has 0 fully saturated rings. The highest BCUT2D eigenvalue weighted by Gasteiger charge is 2.23. The summed E-state index contributed by atoms with van der Waals surface area (Å²) in [4.78, 5) is 4.17. The van der Waals surface area contributed by atoms with E-state index < -0.39 is 23.5 Å². The minimum atomic E-state index is -1.45. The molecule has 0 spiro atoms. The van der Waals surface area contributed by atoms with Gasteiger partial charge in [-0.05, 0) is 37.6 Å². The SMILES string of the molecule is CCCNC(c1cccnc1C)c1ccc(F)c(F)c1F. The Morgan fingerprint density at radius 2 is 1.86 bits per heavy atom. The van der Waals surface area contributed by atoms with Gasteiger partial charge in [0, 0.05) is 17.5 Å². The van der Waals surface area contributed by atoms with Crippen LogP contribution in [0.5, 0.6) is 0 Å². The summed E-state index contributed by atoms with van der Waals surface area (Å²) in [5.74, 6) is -3.79. The maximum Gasteiger partial charge on any atom is 0.194 e. The molecule has 0 radical (unpaired) electrons. The Morgan fingerprint density at radius 1 is 1.10 bits per heavy atom. The zero-order valence-corrected chi connectivity index (χ0v) is 12.0. The highest BCUT2D eigenvalue weighted by atomic mass is 19.2. The molecule has 0 saturated carbocycles. The number of hydrogen-bond acceptors (Lipinski definition) is 2. The van der Waals surface area contributed by atoms with Crippen LogP contribution in [-0.2, 0) is 0 Å². The summed E-state index contributed by atoms with van der Waals surface area (Å²) in [6, 6.07) is 5.19. The minimum Gasteiger partial charge on any atom is -0.306 e. The molecule has 1 atom stereocenters. The molecule has 1 heterocycles. The average Bonchev–Trinajstić information content (AvgIpc) is 2.48. The molecule has 5 heteroatoms. The third kappa shape index (κ3) is 3.24. The maximum absolute atomic E-state index is 14.1. The molecule has 2 aromatic rings. The van der Waals surface area contributed by atoms with Crippen LogP contribution in [0.25, 0.3) is 0 Å². The quantitative estimate of drug-likeness (QED) is 0.846. The minimum absolute atomic E-state index is 0.0819. The van der Waals surface area contributed by atoms with Crippen LogP contribution in [0.1, 0.15) is 36.2 Å². The Balaban J connectivity index is 2.51. The number of aromatic nitrogens is 1. The number of rotatable bonds is 5. The van der Waals surface area contributed by atoms with E-state index in [1.807, 2.05) is 6.92 Å². The van der Waals surface area contributed by atoms with E-state index in [1.165, 1.54) is 6.07 Å². The molecule has 0 amide bonds. The van der Waals surface area contributed by atoms with Crippen molar-refractivity contribution in [3.8, 4) is 0 Å². The third-order valence-corrected chi connectivity index (χ3v) is 3.33. The van der Waals surface area contributed by atoms with Crippen LogP contribution >= 0.6 is 0 Å². The zero-order chi connectivity index (χ0) is 15.4. The first-order valence-electron chi connectivity index (χ1n) is 6.84. The van der Waals surface area contributed by atoms with Crippen LogP contribution in [0.4, 0.5) is 13.2 Å². The summed E-state index contributed by atoms with van der Waals surface area (Å²) in [5.41, 5.74) is 1.55. The van der Waals surface area contributed by atoms with E-state index >= 15 is 0 Å². The molecular formula is C16H17F3N2. The Kier molecular flexibility index (Phi) is 4.96. The van der Waals surface area contributed by atoms with E-state index in [2.05, 4.69) is 10.3 Å². The van der Waals surface area contributed by atoms with Gasteiger partial charge in [0.05, 0.1) is 6.04 Å². The number of nitrogens with one attached hydrogen (secondary N) is 1. The molecule has 1 unspecified atom stereocenters. The molecule has 1 aromatic heterocycles. The predicted molar refractivity (Wildman–Crippen MR) is 75.4 cm³/mol. The highest BCUT2D eigenvalue weighted by Crippen LogP contribution is 2.28. The van der Waals surface area contributed by atoms with Gasteiger partial charge in [-0.25, -0.2) is 13.2 Å². The molecule has 0 aliphatic carbocycles. The lowest BCUT2D eigenvalue weighted by Crippen LogP contribution is -2.25. The first-order valence-corrected chi connectivity index (χ1v) is 6.84. The second kappa shape index (κ2) is 6.72. The Morgan fingerprint density at radius 3 is 2.52 bits per heavy atom. The fraction of sp³-hybridized carbons (Fsp3) is 0.312. The van der Waals surface area contributed by atoms with Gasteiger partial charge in [-0.2, -0.15) is 0 Å². The number of pyridine rings is 1. The van der Waals surface area contributed by atoms with Crippen LogP contribution in [0.15, 0.2) is 30.5 Å². The Hall–Kier alpha value is -1.88. The molecule has 0 aliphatic heterocycles. The van der Waals surface area contributed by atoms with Crippen molar-refractivity contribution in [2.75, 3.05) is 6.54 Å². The molecule has 1 N–H and O–H groups in total. The largest absolute Gasteiger partial charge is 0.306 e. The second-order valence-corrected chi connectivity index (χ2v) is 4.83. The van der Waals surface area contributed by atoms with Gasteiger partial charge in [0.2, 0.25) is 0 Å². The van der Waals surface area contributed by atoms with E-state index in [9.17, 15) is 13.2 Å². The summed E-state index contributed by atoms with van der Waals surface area (Å²) < 4.78 is 40.7. The van der Waals surface area contributed by atoms with E-state index in [-0.39, 0.29) is 5.56 Å². The summed E-state index contributed by atoms with van der Waals surface area (Å²) in [7, 11) is 0. The van der Waals surface area contributed by atoms with Gasteiger partial charge in [0.15, 0.2) is 17.5 Å². The van der Waals surface area contributed by atoms with Crippen molar-refractivity contribution in [2.45, 2.75) is 26.3 Å². The lowest BCUT2D eigenvalue weighted by molar-refractivity contribution is 0.432. The molecule has 2 nitrogen and oxygen atoms in total. The van der Waals surface area contributed by atoms with Crippen molar-refractivity contribution in [2.24, 2.45) is 0 Å². The molecule has 0 aliphatic rings. The first kappa shape index (κ1) is 15.5. The van der Waals surface area contributed by atoms with Crippen LogP contribution in [0.3, 0.4) is 0 Å². The number of hydrogen-bond donors (Lipinski definition) is 1. The summed E-state index contributed by atoms with van der Waals surface area (Å²) in [6.45, 7) is 4.40. The molecule has 112 valence electrons. The van der Waals surface area contributed by atoms with Gasteiger partial charge in [-0.15, -0.1) is 0 Å². The van der Waals surface area contributed by atoms with Crippen molar-refractivity contribution in [3.05, 3.63) is 64.7 Å². The van der Waals surface area contributed by atoms with Crippen LogP contribution in [-0.4, -0.2) is 11.5 Å². The summed E-state index contributed by atoms with van der Waals surface area (Å²) >= 11 is 0. The normalized spacial score (nSPS) is 12.4. The van der Waals surface area contributed by atoms with Crippen molar-refractivity contribution in [1.82, 2.24) is 10.3 Å². The van der Waals surface area contributed by atoms with Crippen molar-refractivity contribution < 1.29 is 13.2 Å².